The van der Waals surface area contributed by atoms with Crippen LogP contribution >= 0.6 is 11.3 Å². The highest BCUT2D eigenvalue weighted by atomic mass is 32.1. The largest absolute Gasteiger partial charge is 0.488 e. The molecule has 1 aromatic carbocycles. The summed E-state index contributed by atoms with van der Waals surface area (Å²) in [6.07, 6.45) is 0. The predicted molar refractivity (Wildman–Crippen MR) is 77.7 cm³/mol. The first-order chi connectivity index (χ1) is 9.69. The Kier molecular flexibility index (Phi) is 4.71. The molecule has 0 unspecified atom stereocenters. The van der Waals surface area contributed by atoms with Crippen molar-refractivity contribution in [1.82, 2.24) is 0 Å². The molecule has 2 rings (SSSR count). The molecule has 0 amide bonds. The van der Waals surface area contributed by atoms with Gasteiger partial charge in [0.2, 0.25) is 0 Å². The summed E-state index contributed by atoms with van der Waals surface area (Å²) in [4.78, 5) is 12.1. The van der Waals surface area contributed by atoms with E-state index in [-0.39, 0.29) is 5.69 Å². The Bertz CT molecular complexity index is 670. The van der Waals surface area contributed by atoms with Gasteiger partial charge >= 0.3 is 0 Å². The summed E-state index contributed by atoms with van der Waals surface area (Å²) < 4.78 is 5.53. The lowest BCUT2D eigenvalue weighted by Crippen LogP contribution is -1.94. The van der Waals surface area contributed by atoms with Gasteiger partial charge in [0, 0.05) is 10.9 Å². The molecule has 0 atom stereocenters. The van der Waals surface area contributed by atoms with E-state index in [1.807, 2.05) is 12.1 Å². The number of nitrogens with zero attached hydrogens (tertiary/aromatic N) is 1. The average molecular weight is 288 g/mol. The second-order valence-electron chi connectivity index (χ2n) is 3.82. The van der Waals surface area contributed by atoms with E-state index < -0.39 is 4.92 Å². The number of nitrogens with two attached hydrogens (primary N) is 1. The Labute approximate surface area is 120 Å². The lowest BCUT2D eigenvalue weighted by Gasteiger charge is -2.03. The summed E-state index contributed by atoms with van der Waals surface area (Å²) in [5.74, 6) is 6.20. The number of hydrogen-bond donors (Lipinski definition) is 1. The van der Waals surface area contributed by atoms with Crippen LogP contribution in [0.4, 0.5) is 5.69 Å². The number of ether oxygens (including phenoxy) is 1. The zero-order valence-corrected chi connectivity index (χ0v) is 11.4. The van der Waals surface area contributed by atoms with Gasteiger partial charge in [-0.15, -0.1) is 11.3 Å². The molecule has 6 heteroatoms. The van der Waals surface area contributed by atoms with Crippen molar-refractivity contribution in [3.05, 3.63) is 56.3 Å². The van der Waals surface area contributed by atoms with Crippen molar-refractivity contribution < 1.29 is 9.66 Å². The normalized spacial score (nSPS) is 9.65. The highest BCUT2D eigenvalue weighted by Crippen LogP contribution is 2.22. The second-order valence-corrected chi connectivity index (χ2v) is 4.98. The topological polar surface area (TPSA) is 78.4 Å². The van der Waals surface area contributed by atoms with Gasteiger partial charge in [-0.25, -0.2) is 0 Å². The molecule has 102 valence electrons. The van der Waals surface area contributed by atoms with Crippen LogP contribution in [-0.4, -0.2) is 11.5 Å². The van der Waals surface area contributed by atoms with Crippen LogP contribution in [0.1, 0.15) is 9.75 Å². The van der Waals surface area contributed by atoms with E-state index in [4.69, 9.17) is 10.5 Å². The van der Waals surface area contributed by atoms with Crippen molar-refractivity contribution in [2.45, 2.75) is 6.61 Å². The van der Waals surface area contributed by atoms with E-state index in [0.29, 0.717) is 18.9 Å². The van der Waals surface area contributed by atoms with Crippen LogP contribution in [-0.2, 0) is 6.61 Å². The molecule has 2 N–H and O–H groups in total. The lowest BCUT2D eigenvalue weighted by molar-refractivity contribution is -0.384. The van der Waals surface area contributed by atoms with Gasteiger partial charge in [-0.05, 0) is 18.2 Å². The third-order valence-electron chi connectivity index (χ3n) is 2.38. The predicted octanol–water partition coefficient (Wildman–Crippen LogP) is 2.55. The first kappa shape index (κ1) is 14.1. The SMILES string of the molecule is NCC#Cc1ccc(COc2cccc([N+](=O)[O-])c2)s1. The van der Waals surface area contributed by atoms with E-state index in [2.05, 4.69) is 11.8 Å². The van der Waals surface area contributed by atoms with Crippen LogP contribution in [0.5, 0.6) is 5.75 Å². The van der Waals surface area contributed by atoms with Crippen molar-refractivity contribution in [2.75, 3.05) is 6.54 Å². The summed E-state index contributed by atoms with van der Waals surface area (Å²) in [7, 11) is 0. The Morgan fingerprint density at radius 2 is 2.20 bits per heavy atom. The maximum absolute atomic E-state index is 10.7. The quantitative estimate of drug-likeness (QED) is 0.533. The number of nitro groups is 1. The van der Waals surface area contributed by atoms with Gasteiger partial charge in [0.15, 0.2) is 0 Å². The third kappa shape index (κ3) is 3.82. The molecule has 0 saturated heterocycles. The highest BCUT2D eigenvalue weighted by Gasteiger charge is 2.06. The fraction of sp³-hybridized carbons (Fsp3) is 0.143. The van der Waals surface area contributed by atoms with E-state index >= 15 is 0 Å². The molecule has 0 aliphatic rings. The molecule has 0 spiro atoms. The van der Waals surface area contributed by atoms with Crippen LogP contribution < -0.4 is 10.5 Å². The fourth-order valence-electron chi connectivity index (χ4n) is 1.50. The van der Waals surface area contributed by atoms with Crippen LogP contribution in [0.25, 0.3) is 0 Å². The number of benzene rings is 1. The molecule has 2 aromatic rings. The third-order valence-corrected chi connectivity index (χ3v) is 3.36. The van der Waals surface area contributed by atoms with Crippen molar-refractivity contribution in [3.63, 3.8) is 0 Å². The Balaban J connectivity index is 2.00. The molecular formula is C14H12N2O3S. The first-order valence-corrected chi connectivity index (χ1v) is 6.65. The standard InChI is InChI=1S/C14H12N2O3S/c15-8-2-5-13-6-7-14(20-13)10-19-12-4-1-3-11(9-12)16(17)18/h1,3-4,6-7,9H,8,10,15H2. The van der Waals surface area contributed by atoms with Crippen molar-refractivity contribution >= 4 is 17.0 Å². The Morgan fingerprint density at radius 1 is 1.35 bits per heavy atom. The molecule has 0 fully saturated rings. The molecule has 5 nitrogen and oxygen atoms in total. The highest BCUT2D eigenvalue weighted by molar-refractivity contribution is 7.12. The van der Waals surface area contributed by atoms with Gasteiger partial charge in [0.25, 0.3) is 5.69 Å². The fourth-order valence-corrected chi connectivity index (χ4v) is 2.30. The minimum atomic E-state index is -0.446. The molecule has 1 aromatic heterocycles. The zero-order valence-electron chi connectivity index (χ0n) is 10.5. The van der Waals surface area contributed by atoms with E-state index in [0.717, 1.165) is 9.75 Å². The van der Waals surface area contributed by atoms with E-state index in [1.165, 1.54) is 23.5 Å². The van der Waals surface area contributed by atoms with Crippen molar-refractivity contribution in [2.24, 2.45) is 5.73 Å². The molecular weight excluding hydrogens is 276 g/mol. The Hall–Kier alpha value is -2.36. The van der Waals surface area contributed by atoms with E-state index in [1.54, 1.807) is 12.1 Å². The molecule has 0 bridgehead atoms. The zero-order chi connectivity index (χ0) is 14.4. The number of hydrogen-bond acceptors (Lipinski definition) is 5. The van der Waals surface area contributed by atoms with Crippen molar-refractivity contribution in [1.29, 1.82) is 0 Å². The van der Waals surface area contributed by atoms with Gasteiger partial charge < -0.3 is 10.5 Å². The van der Waals surface area contributed by atoms with Gasteiger partial charge in [-0.1, -0.05) is 17.9 Å². The monoisotopic (exact) mass is 288 g/mol. The number of thiophene rings is 1. The Morgan fingerprint density at radius 3 is 2.95 bits per heavy atom. The summed E-state index contributed by atoms with van der Waals surface area (Å²) >= 11 is 1.51. The molecule has 0 saturated carbocycles. The molecule has 0 radical (unpaired) electrons. The summed E-state index contributed by atoms with van der Waals surface area (Å²) in [5.41, 5.74) is 5.32. The summed E-state index contributed by atoms with van der Waals surface area (Å²) in [6, 6.07) is 9.94. The molecule has 1 heterocycles. The van der Waals surface area contributed by atoms with Crippen molar-refractivity contribution in [3.8, 4) is 17.6 Å². The van der Waals surface area contributed by atoms with Crippen LogP contribution in [0, 0.1) is 22.0 Å². The number of non-ortho nitro benzene ring substituents is 1. The summed E-state index contributed by atoms with van der Waals surface area (Å²) in [6.45, 7) is 0.688. The minimum absolute atomic E-state index is 0.0168. The average Bonchev–Trinajstić information content (AvgIpc) is 2.91. The smallest absolute Gasteiger partial charge is 0.273 e. The van der Waals surface area contributed by atoms with Gasteiger partial charge in [-0.2, -0.15) is 0 Å². The van der Waals surface area contributed by atoms with Gasteiger partial charge in [-0.3, -0.25) is 10.1 Å². The van der Waals surface area contributed by atoms with Crippen LogP contribution in [0.2, 0.25) is 0 Å². The van der Waals surface area contributed by atoms with Gasteiger partial charge in [0.1, 0.15) is 12.4 Å². The van der Waals surface area contributed by atoms with E-state index in [9.17, 15) is 10.1 Å². The van der Waals surface area contributed by atoms with Crippen LogP contribution in [0.3, 0.4) is 0 Å². The second kappa shape index (κ2) is 6.70. The molecule has 0 aliphatic carbocycles. The maximum atomic E-state index is 10.7. The van der Waals surface area contributed by atoms with Crippen LogP contribution in [0.15, 0.2) is 36.4 Å². The molecule has 0 aliphatic heterocycles. The van der Waals surface area contributed by atoms with Gasteiger partial charge in [0.05, 0.1) is 22.4 Å². The summed E-state index contributed by atoms with van der Waals surface area (Å²) in [5, 5.41) is 10.7. The lowest BCUT2D eigenvalue weighted by atomic mass is 10.3. The minimum Gasteiger partial charge on any atom is -0.488 e. The molecule has 20 heavy (non-hydrogen) atoms. The number of rotatable bonds is 4. The maximum Gasteiger partial charge on any atom is 0.273 e. The first-order valence-electron chi connectivity index (χ1n) is 5.84. The number of nitro benzene ring substituents is 1.